The Kier molecular flexibility index (Phi) is 8.69. The van der Waals surface area contributed by atoms with Crippen LogP contribution in [-0.2, 0) is 0 Å². The molecule has 1 aliphatic rings. The van der Waals surface area contributed by atoms with Crippen LogP contribution in [0.5, 0.6) is 0 Å². The zero-order chi connectivity index (χ0) is 23.8. The highest BCUT2D eigenvalue weighted by molar-refractivity contribution is 5.66. The summed E-state index contributed by atoms with van der Waals surface area (Å²) in [6.07, 6.45) is 14.3. The number of unbranched alkanes of at least 4 members (excludes halogenated alkanes) is 7. The van der Waals surface area contributed by atoms with Gasteiger partial charge in [-0.25, -0.2) is 13.9 Å². The normalized spacial score (nSPS) is 14.7. The SMILES string of the molecule is C=Cc1ccc2ncc(-c3ccc(N4CCN(CCCCCCCCCC)CC4)c(F)c3)n2n1. The van der Waals surface area contributed by atoms with E-state index < -0.39 is 0 Å². The number of benzene rings is 1. The van der Waals surface area contributed by atoms with Crippen LogP contribution in [0.4, 0.5) is 10.1 Å². The highest BCUT2D eigenvalue weighted by Gasteiger charge is 2.20. The van der Waals surface area contributed by atoms with Gasteiger partial charge in [-0.2, -0.15) is 5.10 Å². The first-order chi connectivity index (χ1) is 16.7. The Bertz CT molecular complexity index is 1070. The van der Waals surface area contributed by atoms with Crippen molar-refractivity contribution in [1.29, 1.82) is 0 Å². The highest BCUT2D eigenvalue weighted by atomic mass is 19.1. The number of rotatable bonds is 12. The maximum absolute atomic E-state index is 15.1. The standard InChI is InChI=1S/C28H38FN5/c1-3-5-6-7-8-9-10-11-16-32-17-19-33(20-18-32)26-14-12-23(21-25(26)29)27-22-30-28-15-13-24(4-2)31-34(27)28/h4,12-15,21-22H,2-3,5-11,16-20H2,1H3. The lowest BCUT2D eigenvalue weighted by Gasteiger charge is -2.36. The summed E-state index contributed by atoms with van der Waals surface area (Å²) >= 11 is 0. The molecule has 5 nitrogen and oxygen atoms in total. The Hall–Kier alpha value is -2.73. The predicted molar refractivity (Wildman–Crippen MR) is 140 cm³/mol. The van der Waals surface area contributed by atoms with Crippen molar-refractivity contribution < 1.29 is 4.39 Å². The van der Waals surface area contributed by atoms with Gasteiger partial charge >= 0.3 is 0 Å². The Balaban J connectivity index is 1.28. The zero-order valence-electron chi connectivity index (χ0n) is 20.6. The molecule has 1 saturated heterocycles. The third-order valence-electron chi connectivity index (χ3n) is 6.88. The molecule has 3 aromatic rings. The van der Waals surface area contributed by atoms with Crippen LogP contribution in [0.25, 0.3) is 23.0 Å². The molecule has 0 atom stereocenters. The molecule has 0 N–H and O–H groups in total. The fourth-order valence-corrected chi connectivity index (χ4v) is 4.80. The molecule has 0 amide bonds. The monoisotopic (exact) mass is 463 g/mol. The van der Waals surface area contributed by atoms with Crippen molar-refractivity contribution in [2.24, 2.45) is 0 Å². The average Bonchev–Trinajstić information content (AvgIpc) is 3.29. The summed E-state index contributed by atoms with van der Waals surface area (Å²) < 4.78 is 16.9. The van der Waals surface area contributed by atoms with E-state index in [2.05, 4.69) is 33.4 Å². The fraction of sp³-hybridized carbons (Fsp3) is 0.500. The van der Waals surface area contributed by atoms with Gasteiger partial charge in [0.05, 0.1) is 23.3 Å². The molecule has 6 heteroatoms. The number of nitrogens with zero attached hydrogens (tertiary/aromatic N) is 5. The number of aromatic nitrogens is 3. The molecule has 34 heavy (non-hydrogen) atoms. The summed E-state index contributed by atoms with van der Waals surface area (Å²) in [4.78, 5) is 9.10. The Morgan fingerprint density at radius 1 is 0.941 bits per heavy atom. The second-order valence-corrected chi connectivity index (χ2v) is 9.35. The van der Waals surface area contributed by atoms with E-state index in [9.17, 15) is 0 Å². The van der Waals surface area contributed by atoms with Crippen molar-refractivity contribution in [1.82, 2.24) is 19.5 Å². The molecule has 0 spiro atoms. The first kappa shape index (κ1) is 24.4. The van der Waals surface area contributed by atoms with E-state index in [1.54, 1.807) is 22.9 Å². The summed E-state index contributed by atoms with van der Waals surface area (Å²) in [5.41, 5.74) is 3.73. The predicted octanol–water partition coefficient (Wildman–Crippen LogP) is 6.44. The first-order valence-corrected chi connectivity index (χ1v) is 12.9. The zero-order valence-corrected chi connectivity index (χ0v) is 20.6. The molecule has 0 radical (unpaired) electrons. The minimum Gasteiger partial charge on any atom is -0.367 e. The lowest BCUT2D eigenvalue weighted by molar-refractivity contribution is 0.251. The van der Waals surface area contributed by atoms with Crippen molar-refractivity contribution >= 4 is 17.4 Å². The lowest BCUT2D eigenvalue weighted by Crippen LogP contribution is -2.46. The summed E-state index contributed by atoms with van der Waals surface area (Å²) in [7, 11) is 0. The molecule has 0 bridgehead atoms. The molecule has 3 heterocycles. The molecule has 2 aromatic heterocycles. The smallest absolute Gasteiger partial charge is 0.154 e. The Morgan fingerprint density at radius 2 is 1.68 bits per heavy atom. The fourth-order valence-electron chi connectivity index (χ4n) is 4.80. The molecule has 1 aliphatic heterocycles. The average molecular weight is 464 g/mol. The van der Waals surface area contributed by atoms with Crippen molar-refractivity contribution in [2.45, 2.75) is 58.3 Å². The van der Waals surface area contributed by atoms with E-state index in [4.69, 9.17) is 0 Å². The summed E-state index contributed by atoms with van der Waals surface area (Å²) in [6, 6.07) is 9.24. The van der Waals surface area contributed by atoms with Crippen LogP contribution < -0.4 is 4.90 Å². The van der Waals surface area contributed by atoms with Gasteiger partial charge in [-0.3, -0.25) is 4.90 Å². The Labute approximate surface area is 203 Å². The van der Waals surface area contributed by atoms with E-state index in [0.29, 0.717) is 5.69 Å². The van der Waals surface area contributed by atoms with Crippen LogP contribution in [0.3, 0.4) is 0 Å². The molecule has 4 rings (SSSR count). The van der Waals surface area contributed by atoms with Gasteiger partial charge in [0.25, 0.3) is 0 Å². The van der Waals surface area contributed by atoms with Crippen LogP contribution in [0.1, 0.15) is 64.0 Å². The van der Waals surface area contributed by atoms with E-state index >= 15 is 4.39 Å². The topological polar surface area (TPSA) is 36.7 Å². The second-order valence-electron chi connectivity index (χ2n) is 9.35. The van der Waals surface area contributed by atoms with Crippen LogP contribution in [0, 0.1) is 5.82 Å². The summed E-state index contributed by atoms with van der Waals surface area (Å²) in [5.74, 6) is -0.191. The molecule has 182 valence electrons. The summed E-state index contributed by atoms with van der Waals surface area (Å²) in [5, 5.41) is 4.53. The maximum atomic E-state index is 15.1. The number of anilines is 1. The van der Waals surface area contributed by atoms with E-state index in [-0.39, 0.29) is 5.82 Å². The third-order valence-corrected chi connectivity index (χ3v) is 6.88. The number of hydrogen-bond donors (Lipinski definition) is 0. The second kappa shape index (κ2) is 12.1. The quantitative estimate of drug-likeness (QED) is 0.290. The molecule has 0 unspecified atom stereocenters. The lowest BCUT2D eigenvalue weighted by atomic mass is 10.1. The van der Waals surface area contributed by atoms with Crippen LogP contribution in [0.15, 0.2) is 43.1 Å². The number of halogens is 1. The van der Waals surface area contributed by atoms with Gasteiger partial charge in [-0.1, -0.05) is 64.5 Å². The van der Waals surface area contributed by atoms with Gasteiger partial charge in [0.1, 0.15) is 5.82 Å². The van der Waals surface area contributed by atoms with E-state index in [0.717, 1.165) is 55.3 Å². The largest absolute Gasteiger partial charge is 0.367 e. The van der Waals surface area contributed by atoms with Crippen LogP contribution >= 0.6 is 0 Å². The van der Waals surface area contributed by atoms with Crippen molar-refractivity contribution in [3.05, 3.63) is 54.6 Å². The molecule has 1 fully saturated rings. The van der Waals surface area contributed by atoms with Crippen molar-refractivity contribution in [3.63, 3.8) is 0 Å². The molecular formula is C28H38FN5. The third kappa shape index (κ3) is 6.03. The van der Waals surface area contributed by atoms with Gasteiger partial charge in [-0.05, 0) is 43.3 Å². The van der Waals surface area contributed by atoms with Crippen LogP contribution in [0.2, 0.25) is 0 Å². The molecule has 0 saturated carbocycles. The van der Waals surface area contributed by atoms with Crippen molar-refractivity contribution in [3.8, 4) is 11.3 Å². The van der Waals surface area contributed by atoms with E-state index in [1.807, 2.05) is 24.3 Å². The highest BCUT2D eigenvalue weighted by Crippen LogP contribution is 2.28. The number of imidazole rings is 1. The van der Waals surface area contributed by atoms with Crippen molar-refractivity contribution in [2.75, 3.05) is 37.6 Å². The van der Waals surface area contributed by atoms with E-state index in [1.165, 1.54) is 51.4 Å². The van der Waals surface area contributed by atoms with Gasteiger partial charge < -0.3 is 4.90 Å². The minimum absolute atomic E-state index is 0.191. The van der Waals surface area contributed by atoms with Gasteiger partial charge in [-0.15, -0.1) is 0 Å². The Morgan fingerprint density at radius 3 is 2.38 bits per heavy atom. The van der Waals surface area contributed by atoms with Gasteiger partial charge in [0.15, 0.2) is 5.65 Å². The van der Waals surface area contributed by atoms with Gasteiger partial charge in [0, 0.05) is 31.7 Å². The molecule has 1 aromatic carbocycles. The first-order valence-electron chi connectivity index (χ1n) is 12.9. The number of hydrogen-bond acceptors (Lipinski definition) is 4. The summed E-state index contributed by atoms with van der Waals surface area (Å²) in [6.45, 7) is 10.9. The maximum Gasteiger partial charge on any atom is 0.154 e. The molecular weight excluding hydrogens is 425 g/mol. The minimum atomic E-state index is -0.191. The number of piperazine rings is 1. The molecule has 0 aliphatic carbocycles. The van der Waals surface area contributed by atoms with Gasteiger partial charge in [0.2, 0.25) is 0 Å². The van der Waals surface area contributed by atoms with Crippen LogP contribution in [-0.4, -0.2) is 52.2 Å². The number of fused-ring (bicyclic) bond motifs is 1.